The lowest BCUT2D eigenvalue weighted by molar-refractivity contribution is -0.122. The molecule has 1 aromatic carbocycles. The zero-order chi connectivity index (χ0) is 20.2. The van der Waals surface area contributed by atoms with Crippen LogP contribution >= 0.6 is 0 Å². The van der Waals surface area contributed by atoms with Gasteiger partial charge < -0.3 is 30.4 Å². The van der Waals surface area contributed by atoms with Crippen LogP contribution in [0, 0.1) is 0 Å². The predicted molar refractivity (Wildman–Crippen MR) is 106 cm³/mol. The second kappa shape index (κ2) is 11.8. The van der Waals surface area contributed by atoms with Crippen LogP contribution in [0.3, 0.4) is 0 Å². The molecule has 1 rings (SSSR count). The number of hydrogen-bond acceptors (Lipinski definition) is 6. The number of nitrogens with two attached hydrogens (primary N) is 1. The van der Waals surface area contributed by atoms with Crippen molar-refractivity contribution in [1.29, 1.82) is 0 Å². The van der Waals surface area contributed by atoms with Gasteiger partial charge in [-0.25, -0.2) is 0 Å². The molecule has 0 bridgehead atoms. The van der Waals surface area contributed by atoms with Crippen LogP contribution in [0.15, 0.2) is 42.0 Å². The molecular formula is C20H28N2O5. The fourth-order valence-corrected chi connectivity index (χ4v) is 2.14. The third-order valence-electron chi connectivity index (χ3n) is 3.65. The number of allylic oxidation sites excluding steroid dienone is 4. The maximum Gasteiger partial charge on any atom is 0.239 e. The molecular weight excluding hydrogens is 348 g/mol. The molecule has 0 heterocycles. The van der Waals surface area contributed by atoms with Crippen LogP contribution in [-0.4, -0.2) is 51.5 Å². The van der Waals surface area contributed by atoms with E-state index in [1.807, 2.05) is 43.4 Å². The van der Waals surface area contributed by atoms with E-state index in [-0.39, 0.29) is 12.5 Å². The van der Waals surface area contributed by atoms with Crippen molar-refractivity contribution in [2.24, 2.45) is 5.73 Å². The number of amides is 1. The fraction of sp³-hybridized carbons (Fsp3) is 0.350. The summed E-state index contributed by atoms with van der Waals surface area (Å²) in [7, 11) is 4.72. The van der Waals surface area contributed by atoms with E-state index in [9.17, 15) is 4.79 Å². The van der Waals surface area contributed by atoms with Gasteiger partial charge in [-0.05, 0) is 24.6 Å². The highest BCUT2D eigenvalue weighted by Gasteiger charge is 2.12. The molecule has 0 radical (unpaired) electrons. The molecule has 7 heteroatoms. The average Bonchev–Trinajstić information content (AvgIpc) is 2.69. The summed E-state index contributed by atoms with van der Waals surface area (Å²) in [4.78, 5) is 11.4. The molecule has 0 saturated carbocycles. The van der Waals surface area contributed by atoms with Crippen LogP contribution < -0.4 is 25.3 Å². The summed E-state index contributed by atoms with van der Waals surface area (Å²) in [5, 5.41) is 11.4. The number of ether oxygens (including phenoxy) is 3. The molecule has 0 aliphatic carbocycles. The number of nitrogens with one attached hydrogen (secondary N) is 1. The van der Waals surface area contributed by atoms with E-state index in [1.165, 1.54) is 0 Å². The maximum absolute atomic E-state index is 11.4. The van der Waals surface area contributed by atoms with E-state index >= 15 is 0 Å². The Morgan fingerprint density at radius 2 is 1.85 bits per heavy atom. The molecule has 0 aliphatic heterocycles. The van der Waals surface area contributed by atoms with Gasteiger partial charge in [0, 0.05) is 6.54 Å². The van der Waals surface area contributed by atoms with Gasteiger partial charge in [0.15, 0.2) is 11.5 Å². The van der Waals surface area contributed by atoms with E-state index in [2.05, 4.69) is 5.32 Å². The van der Waals surface area contributed by atoms with Crippen molar-refractivity contribution in [2.45, 2.75) is 13.0 Å². The Bertz CT molecular complexity index is 685. The van der Waals surface area contributed by atoms with E-state index in [4.69, 9.17) is 25.1 Å². The first-order chi connectivity index (χ1) is 13.0. The fourth-order valence-electron chi connectivity index (χ4n) is 2.14. The first kappa shape index (κ1) is 22.3. The summed E-state index contributed by atoms with van der Waals surface area (Å²) < 4.78 is 16.0. The number of rotatable bonds is 10. The lowest BCUT2D eigenvalue weighted by atomic mass is 10.1. The van der Waals surface area contributed by atoms with Crippen LogP contribution in [0.5, 0.6) is 17.2 Å². The number of carbonyl (C=O) groups excluding carboxylic acids is 1. The van der Waals surface area contributed by atoms with E-state index in [0.717, 1.165) is 11.1 Å². The second-order valence-corrected chi connectivity index (χ2v) is 5.67. The van der Waals surface area contributed by atoms with E-state index in [0.29, 0.717) is 23.8 Å². The van der Waals surface area contributed by atoms with Crippen LogP contribution in [0.1, 0.15) is 12.5 Å². The molecule has 0 unspecified atom stereocenters. The Labute approximate surface area is 160 Å². The highest BCUT2D eigenvalue weighted by molar-refractivity contribution is 5.81. The highest BCUT2D eigenvalue weighted by Crippen LogP contribution is 2.38. The van der Waals surface area contributed by atoms with Crippen LogP contribution in [0.4, 0.5) is 0 Å². The first-order valence-corrected chi connectivity index (χ1v) is 8.42. The van der Waals surface area contributed by atoms with Crippen molar-refractivity contribution in [2.75, 3.05) is 34.5 Å². The number of carbonyl (C=O) groups is 1. The minimum atomic E-state index is -0.892. The number of methoxy groups -OCH3 is 3. The van der Waals surface area contributed by atoms with Crippen molar-refractivity contribution in [3.8, 4) is 17.2 Å². The lowest BCUT2D eigenvalue weighted by Crippen LogP contribution is -2.42. The highest BCUT2D eigenvalue weighted by atomic mass is 16.5. The number of benzene rings is 1. The molecule has 1 amide bonds. The molecule has 0 spiro atoms. The molecule has 0 aliphatic rings. The number of aliphatic hydroxyl groups is 1. The molecule has 0 saturated heterocycles. The van der Waals surface area contributed by atoms with E-state index in [1.54, 1.807) is 27.4 Å². The molecule has 1 atom stereocenters. The number of hydrogen-bond donors (Lipinski definition) is 3. The summed E-state index contributed by atoms with van der Waals surface area (Å²) in [6, 6.07) is 2.83. The Kier molecular flexibility index (Phi) is 9.71. The predicted octanol–water partition coefficient (Wildman–Crippen LogP) is 1.66. The second-order valence-electron chi connectivity index (χ2n) is 5.67. The Hall–Kier alpha value is -2.77. The van der Waals surface area contributed by atoms with Gasteiger partial charge in [-0.3, -0.25) is 4.79 Å². The third kappa shape index (κ3) is 7.16. The average molecular weight is 376 g/mol. The quantitative estimate of drug-likeness (QED) is 0.537. The first-order valence-electron chi connectivity index (χ1n) is 8.42. The van der Waals surface area contributed by atoms with Crippen molar-refractivity contribution in [1.82, 2.24) is 5.32 Å². The van der Waals surface area contributed by atoms with Gasteiger partial charge in [-0.2, -0.15) is 0 Å². The van der Waals surface area contributed by atoms with Gasteiger partial charge >= 0.3 is 0 Å². The zero-order valence-corrected chi connectivity index (χ0v) is 16.2. The van der Waals surface area contributed by atoms with Gasteiger partial charge in [-0.15, -0.1) is 0 Å². The smallest absolute Gasteiger partial charge is 0.239 e. The van der Waals surface area contributed by atoms with Crippen LogP contribution in [0.25, 0.3) is 6.08 Å². The minimum absolute atomic E-state index is 0.340. The summed E-state index contributed by atoms with van der Waals surface area (Å²) in [5.74, 6) is 1.35. The van der Waals surface area contributed by atoms with Gasteiger partial charge in [0.05, 0.1) is 27.9 Å². The van der Waals surface area contributed by atoms with Gasteiger partial charge in [0.1, 0.15) is 6.04 Å². The minimum Gasteiger partial charge on any atom is -0.493 e. The van der Waals surface area contributed by atoms with Crippen molar-refractivity contribution < 1.29 is 24.1 Å². The Balaban J connectivity index is 2.72. The van der Waals surface area contributed by atoms with Gasteiger partial charge in [-0.1, -0.05) is 36.0 Å². The molecule has 0 aromatic heterocycles. The van der Waals surface area contributed by atoms with Crippen LogP contribution in [0.2, 0.25) is 0 Å². The summed E-state index contributed by atoms with van der Waals surface area (Å²) in [6.07, 6.45) is 9.42. The van der Waals surface area contributed by atoms with Crippen molar-refractivity contribution in [3.05, 3.63) is 47.6 Å². The molecule has 7 nitrogen and oxygen atoms in total. The normalized spacial score (nSPS) is 13.0. The molecule has 148 valence electrons. The molecule has 4 N–H and O–H groups in total. The third-order valence-corrected chi connectivity index (χ3v) is 3.65. The Morgan fingerprint density at radius 1 is 1.22 bits per heavy atom. The molecule has 0 fully saturated rings. The lowest BCUT2D eigenvalue weighted by Gasteiger charge is -2.12. The van der Waals surface area contributed by atoms with E-state index < -0.39 is 6.04 Å². The topological polar surface area (TPSA) is 103 Å². The van der Waals surface area contributed by atoms with Crippen LogP contribution in [-0.2, 0) is 4.79 Å². The van der Waals surface area contributed by atoms with Crippen molar-refractivity contribution >= 4 is 12.0 Å². The Morgan fingerprint density at radius 3 is 2.37 bits per heavy atom. The molecule has 27 heavy (non-hydrogen) atoms. The number of aliphatic hydroxyl groups excluding tert-OH is 1. The summed E-state index contributed by atoms with van der Waals surface area (Å²) in [5.41, 5.74) is 7.32. The van der Waals surface area contributed by atoms with Crippen molar-refractivity contribution in [3.63, 3.8) is 0 Å². The summed E-state index contributed by atoms with van der Waals surface area (Å²) >= 11 is 0. The summed E-state index contributed by atoms with van der Waals surface area (Å²) in [6.45, 7) is 1.92. The zero-order valence-electron chi connectivity index (χ0n) is 16.2. The monoisotopic (exact) mass is 376 g/mol. The molecule has 1 aromatic rings. The largest absolute Gasteiger partial charge is 0.493 e. The van der Waals surface area contributed by atoms with Gasteiger partial charge in [0.2, 0.25) is 11.7 Å². The van der Waals surface area contributed by atoms with Gasteiger partial charge in [0.25, 0.3) is 0 Å². The SMILES string of the molecule is COc1cc(\C=C/C(C)=C/C=C\CNC(=O)[C@@H](N)CO)cc(OC)c1OC. The standard InChI is InChI=1S/C20H28N2O5/c1-14(7-5-6-10-22-20(24)16(21)13-23)8-9-15-11-17(25-2)19(27-4)18(12-15)26-3/h5-9,11-12,16,23H,10,13,21H2,1-4H3,(H,22,24)/b6-5-,9-8-,14-7+/t16-/m0/s1. The maximum atomic E-state index is 11.4.